The van der Waals surface area contributed by atoms with Gasteiger partial charge in [-0.05, 0) is 43.2 Å². The van der Waals surface area contributed by atoms with E-state index in [9.17, 15) is 4.79 Å². The third-order valence-corrected chi connectivity index (χ3v) is 4.52. The molecule has 24 heavy (non-hydrogen) atoms. The molecule has 1 aliphatic rings. The molecule has 0 saturated carbocycles. The molecule has 1 aromatic heterocycles. The second-order valence-corrected chi connectivity index (χ2v) is 6.02. The lowest BCUT2D eigenvalue weighted by Crippen LogP contribution is -2.31. The fourth-order valence-corrected chi connectivity index (χ4v) is 3.32. The smallest absolute Gasteiger partial charge is 0.254 e. The topological polar surface area (TPSA) is 49.0 Å². The molecule has 2 heterocycles. The maximum atomic E-state index is 12.8. The van der Waals surface area contributed by atoms with Crippen molar-refractivity contribution in [1.82, 2.24) is 14.9 Å². The number of imidazole rings is 1. The molecule has 4 nitrogen and oxygen atoms in total. The van der Waals surface area contributed by atoms with E-state index in [0.29, 0.717) is 0 Å². The zero-order chi connectivity index (χ0) is 16.5. The van der Waals surface area contributed by atoms with Crippen LogP contribution < -0.4 is 0 Å². The highest BCUT2D eigenvalue weighted by Crippen LogP contribution is 2.32. The number of aromatic nitrogens is 2. The van der Waals surface area contributed by atoms with Crippen LogP contribution >= 0.6 is 0 Å². The molecule has 2 aromatic carbocycles. The molecule has 0 aliphatic carbocycles. The minimum absolute atomic E-state index is 0.0145. The number of fused-ring (bicyclic) bond motifs is 1. The lowest BCUT2D eigenvalue weighted by Gasteiger charge is -2.23. The first-order valence-electron chi connectivity index (χ1n) is 8.08. The van der Waals surface area contributed by atoms with Crippen molar-refractivity contribution in [1.29, 1.82) is 0 Å². The van der Waals surface area contributed by atoms with E-state index in [4.69, 9.17) is 6.42 Å². The Morgan fingerprint density at radius 1 is 1.25 bits per heavy atom. The van der Waals surface area contributed by atoms with Gasteiger partial charge < -0.3 is 9.88 Å². The number of amides is 1. The van der Waals surface area contributed by atoms with Gasteiger partial charge in [0.15, 0.2) is 0 Å². The summed E-state index contributed by atoms with van der Waals surface area (Å²) in [6.45, 7) is 0.755. The van der Waals surface area contributed by atoms with Gasteiger partial charge in [0.25, 0.3) is 5.91 Å². The molecule has 1 N–H and O–H groups in total. The van der Waals surface area contributed by atoms with Gasteiger partial charge in [-0.15, -0.1) is 6.42 Å². The van der Waals surface area contributed by atoms with Crippen molar-refractivity contribution in [3.8, 4) is 12.3 Å². The Morgan fingerprint density at radius 3 is 2.88 bits per heavy atom. The summed E-state index contributed by atoms with van der Waals surface area (Å²) < 4.78 is 0. The van der Waals surface area contributed by atoms with Gasteiger partial charge in [0.1, 0.15) is 5.82 Å². The Morgan fingerprint density at radius 2 is 2.08 bits per heavy atom. The molecule has 1 amide bonds. The Hall–Kier alpha value is -3.06. The Labute approximate surface area is 140 Å². The van der Waals surface area contributed by atoms with E-state index in [2.05, 4.69) is 15.9 Å². The van der Waals surface area contributed by atoms with Crippen LogP contribution in [0, 0.1) is 12.3 Å². The van der Waals surface area contributed by atoms with Crippen LogP contribution in [0.1, 0.15) is 40.6 Å². The molecular weight excluding hydrogens is 298 g/mol. The monoisotopic (exact) mass is 315 g/mol. The van der Waals surface area contributed by atoms with Crippen molar-refractivity contribution >= 4 is 16.9 Å². The summed E-state index contributed by atoms with van der Waals surface area (Å²) in [5.74, 6) is 3.53. The Bertz CT molecular complexity index is 936. The Balaban J connectivity index is 1.68. The molecule has 0 unspecified atom stereocenters. The summed E-state index contributed by atoms with van der Waals surface area (Å²) in [4.78, 5) is 22.7. The summed E-state index contributed by atoms with van der Waals surface area (Å²) >= 11 is 0. The van der Waals surface area contributed by atoms with E-state index in [1.54, 1.807) is 0 Å². The van der Waals surface area contributed by atoms with Crippen molar-refractivity contribution in [3.63, 3.8) is 0 Å². The zero-order valence-corrected chi connectivity index (χ0v) is 13.2. The van der Waals surface area contributed by atoms with Crippen molar-refractivity contribution in [2.75, 3.05) is 6.54 Å². The molecule has 3 aromatic rings. The lowest BCUT2D eigenvalue weighted by molar-refractivity contribution is 0.0730. The first-order valence-corrected chi connectivity index (χ1v) is 8.08. The first kappa shape index (κ1) is 14.5. The summed E-state index contributed by atoms with van der Waals surface area (Å²) in [7, 11) is 0. The third kappa shape index (κ3) is 2.44. The second kappa shape index (κ2) is 5.86. The fraction of sp³-hybridized carbons (Fsp3) is 0.200. The molecule has 4 heteroatoms. The van der Waals surface area contributed by atoms with E-state index in [1.807, 2.05) is 53.4 Å². The predicted octanol–water partition coefficient (Wildman–Crippen LogP) is 3.52. The number of nitrogens with zero attached hydrogens (tertiary/aromatic N) is 2. The average molecular weight is 315 g/mol. The number of benzene rings is 2. The van der Waals surface area contributed by atoms with Crippen molar-refractivity contribution in [2.24, 2.45) is 0 Å². The number of nitrogens with one attached hydrogen (secondary N) is 1. The number of H-pyrrole nitrogens is 1. The van der Waals surface area contributed by atoms with E-state index < -0.39 is 0 Å². The second-order valence-electron chi connectivity index (χ2n) is 6.02. The number of likely N-dealkylation sites (tertiary alicyclic amines) is 1. The van der Waals surface area contributed by atoms with Crippen LogP contribution in [0.5, 0.6) is 0 Å². The molecular formula is C20H17N3O. The minimum atomic E-state index is -0.0145. The Kier molecular flexibility index (Phi) is 3.55. The molecule has 0 bridgehead atoms. The van der Waals surface area contributed by atoms with Crippen LogP contribution in [0.3, 0.4) is 0 Å². The number of rotatable bonds is 2. The number of hydrogen-bond donors (Lipinski definition) is 1. The van der Waals surface area contributed by atoms with Crippen LogP contribution in [0.25, 0.3) is 11.0 Å². The van der Waals surface area contributed by atoms with Gasteiger partial charge in [-0.25, -0.2) is 4.98 Å². The first-order chi connectivity index (χ1) is 11.8. The average Bonchev–Trinajstić information content (AvgIpc) is 3.27. The predicted molar refractivity (Wildman–Crippen MR) is 93.5 cm³/mol. The maximum Gasteiger partial charge on any atom is 0.254 e. The van der Waals surface area contributed by atoms with Crippen LogP contribution in [-0.2, 0) is 0 Å². The van der Waals surface area contributed by atoms with Gasteiger partial charge in [0.2, 0.25) is 0 Å². The van der Waals surface area contributed by atoms with Gasteiger partial charge in [0.05, 0.1) is 17.1 Å². The van der Waals surface area contributed by atoms with Gasteiger partial charge >= 0.3 is 0 Å². The highest BCUT2D eigenvalue weighted by Gasteiger charge is 2.32. The minimum Gasteiger partial charge on any atom is -0.340 e. The standard InChI is InChI=1S/C20H17N3O/c1-2-14-10-11-16-17(13-14)22-19(21-16)18-9-6-12-23(18)20(24)15-7-4-3-5-8-15/h1,3-5,7-8,10-11,13,18H,6,9,12H2,(H,21,22)/t18-/m0/s1. The molecule has 0 radical (unpaired) electrons. The maximum absolute atomic E-state index is 12.8. The lowest BCUT2D eigenvalue weighted by atomic mass is 10.1. The highest BCUT2D eigenvalue weighted by atomic mass is 16.2. The van der Waals surface area contributed by atoms with E-state index in [1.165, 1.54) is 0 Å². The van der Waals surface area contributed by atoms with Crippen LogP contribution in [0.4, 0.5) is 0 Å². The summed E-state index contributed by atoms with van der Waals surface area (Å²) in [6.07, 6.45) is 7.36. The molecule has 4 rings (SSSR count). The van der Waals surface area contributed by atoms with Gasteiger partial charge in [0, 0.05) is 17.7 Å². The van der Waals surface area contributed by atoms with Gasteiger partial charge in [-0.3, -0.25) is 4.79 Å². The third-order valence-electron chi connectivity index (χ3n) is 4.52. The number of carbonyl (C=O) groups is 1. The summed E-state index contributed by atoms with van der Waals surface area (Å²) in [6, 6.07) is 15.1. The van der Waals surface area contributed by atoms with E-state index >= 15 is 0 Å². The quantitative estimate of drug-likeness (QED) is 0.736. The van der Waals surface area contributed by atoms with Gasteiger partial charge in [-0.2, -0.15) is 0 Å². The van der Waals surface area contributed by atoms with Gasteiger partial charge in [-0.1, -0.05) is 24.1 Å². The SMILES string of the molecule is C#Cc1ccc2nc([C@@H]3CCCN3C(=O)c3ccccc3)[nH]c2c1. The van der Waals surface area contributed by atoms with Crippen molar-refractivity contribution < 1.29 is 4.79 Å². The number of aromatic amines is 1. The van der Waals surface area contributed by atoms with E-state index in [0.717, 1.165) is 47.4 Å². The molecule has 1 saturated heterocycles. The molecule has 1 fully saturated rings. The summed E-state index contributed by atoms with van der Waals surface area (Å²) in [5, 5.41) is 0. The highest BCUT2D eigenvalue weighted by molar-refractivity contribution is 5.94. The number of carbonyl (C=O) groups excluding carboxylic acids is 1. The van der Waals surface area contributed by atoms with E-state index in [-0.39, 0.29) is 11.9 Å². The molecule has 0 spiro atoms. The number of terminal acetylenes is 1. The molecule has 1 atom stereocenters. The zero-order valence-electron chi connectivity index (χ0n) is 13.2. The molecule has 1 aliphatic heterocycles. The normalized spacial score (nSPS) is 17.1. The summed E-state index contributed by atoms with van der Waals surface area (Å²) in [5.41, 5.74) is 3.33. The fourth-order valence-electron chi connectivity index (χ4n) is 3.32. The van der Waals surface area contributed by atoms with Crippen LogP contribution in [0.15, 0.2) is 48.5 Å². The van der Waals surface area contributed by atoms with Crippen molar-refractivity contribution in [3.05, 3.63) is 65.5 Å². The largest absolute Gasteiger partial charge is 0.340 e. The van der Waals surface area contributed by atoms with Crippen LogP contribution in [-0.4, -0.2) is 27.3 Å². The van der Waals surface area contributed by atoms with Crippen molar-refractivity contribution in [2.45, 2.75) is 18.9 Å². The molecule has 118 valence electrons. The number of hydrogen-bond acceptors (Lipinski definition) is 2. The van der Waals surface area contributed by atoms with Crippen LogP contribution in [0.2, 0.25) is 0 Å².